The van der Waals surface area contributed by atoms with Crippen molar-refractivity contribution in [3.8, 4) is 0 Å². The van der Waals surface area contributed by atoms with Crippen LogP contribution in [-0.4, -0.2) is 23.6 Å². The van der Waals surface area contributed by atoms with E-state index < -0.39 is 0 Å². The second-order valence-electron chi connectivity index (χ2n) is 2.83. The second-order valence-corrected chi connectivity index (χ2v) is 3.94. The third-order valence-corrected chi connectivity index (χ3v) is 2.21. The molecule has 0 aromatic rings. The summed E-state index contributed by atoms with van der Waals surface area (Å²) in [5.41, 5.74) is 11.0. The van der Waals surface area contributed by atoms with Gasteiger partial charge < -0.3 is 11.5 Å². The molecular formula is C6H16N2S. The van der Waals surface area contributed by atoms with E-state index >= 15 is 0 Å². The van der Waals surface area contributed by atoms with Crippen LogP contribution >= 0.6 is 11.8 Å². The van der Waals surface area contributed by atoms with E-state index in [9.17, 15) is 0 Å². The largest absolute Gasteiger partial charge is 0.330 e. The van der Waals surface area contributed by atoms with Gasteiger partial charge in [-0.25, -0.2) is 0 Å². The summed E-state index contributed by atoms with van der Waals surface area (Å²) < 4.78 is 0. The molecule has 0 aliphatic heterocycles. The smallest absolute Gasteiger partial charge is 0.0188 e. The summed E-state index contributed by atoms with van der Waals surface area (Å²) in [5, 5.41) is 0. The number of nitrogens with two attached hydrogens (primary N) is 2. The third-order valence-electron chi connectivity index (χ3n) is 0.736. The highest BCUT2D eigenvalue weighted by Crippen LogP contribution is 2.07. The van der Waals surface area contributed by atoms with Crippen LogP contribution in [0.3, 0.4) is 0 Å². The van der Waals surface area contributed by atoms with Gasteiger partial charge in [-0.05, 0) is 13.8 Å². The van der Waals surface area contributed by atoms with E-state index in [1.807, 2.05) is 25.6 Å². The Bertz CT molecular complexity index is 67.9. The lowest BCUT2D eigenvalue weighted by atomic mass is 10.1. The molecule has 0 aliphatic rings. The Hall–Kier alpha value is 0.270. The maximum absolute atomic E-state index is 5.71. The van der Waals surface area contributed by atoms with Gasteiger partial charge in [-0.3, -0.25) is 0 Å². The van der Waals surface area contributed by atoms with E-state index in [4.69, 9.17) is 11.5 Å². The van der Waals surface area contributed by atoms with Crippen LogP contribution in [0.2, 0.25) is 0 Å². The van der Waals surface area contributed by atoms with Crippen molar-refractivity contribution < 1.29 is 0 Å². The average molecular weight is 148 g/mol. The summed E-state index contributed by atoms with van der Waals surface area (Å²) in [4.78, 5) is 0. The first-order valence-corrected chi connectivity index (χ1v) is 4.28. The van der Waals surface area contributed by atoms with Gasteiger partial charge in [-0.15, -0.1) is 0 Å². The Balaban J connectivity index is 3.07. The first kappa shape index (κ1) is 9.27. The molecule has 0 aromatic carbocycles. The molecule has 4 N–H and O–H groups in total. The molecule has 9 heavy (non-hydrogen) atoms. The van der Waals surface area contributed by atoms with Crippen molar-refractivity contribution in [2.45, 2.75) is 19.4 Å². The van der Waals surface area contributed by atoms with Gasteiger partial charge >= 0.3 is 0 Å². The van der Waals surface area contributed by atoms with Crippen LogP contribution in [0.4, 0.5) is 0 Å². The van der Waals surface area contributed by atoms with E-state index in [0.29, 0.717) is 0 Å². The lowest BCUT2D eigenvalue weighted by Crippen LogP contribution is -2.35. The molecule has 0 fully saturated rings. The minimum atomic E-state index is -0.0418. The number of hydrogen-bond donors (Lipinski definition) is 2. The van der Waals surface area contributed by atoms with Gasteiger partial charge in [0, 0.05) is 23.6 Å². The van der Waals surface area contributed by atoms with Gasteiger partial charge in [0.2, 0.25) is 0 Å². The normalized spacial score (nSPS) is 12.0. The van der Waals surface area contributed by atoms with Crippen LogP contribution in [0.5, 0.6) is 0 Å². The molecule has 0 saturated heterocycles. The van der Waals surface area contributed by atoms with E-state index in [1.165, 1.54) is 0 Å². The fraction of sp³-hybridized carbons (Fsp3) is 1.00. The SMILES string of the molecule is CC(C)(N)CSCCN. The van der Waals surface area contributed by atoms with Gasteiger partial charge in [0.05, 0.1) is 0 Å². The van der Waals surface area contributed by atoms with Crippen molar-refractivity contribution in [1.29, 1.82) is 0 Å². The van der Waals surface area contributed by atoms with Crippen LogP contribution in [0.25, 0.3) is 0 Å². The molecule has 0 heterocycles. The highest BCUT2D eigenvalue weighted by molar-refractivity contribution is 7.99. The molecular weight excluding hydrogens is 132 g/mol. The zero-order valence-corrected chi connectivity index (χ0v) is 7.00. The van der Waals surface area contributed by atoms with Crippen LogP contribution in [0, 0.1) is 0 Å². The number of thioether (sulfide) groups is 1. The lowest BCUT2D eigenvalue weighted by molar-refractivity contribution is 0.591. The zero-order valence-electron chi connectivity index (χ0n) is 6.18. The van der Waals surface area contributed by atoms with Crippen LogP contribution in [0.15, 0.2) is 0 Å². The fourth-order valence-corrected chi connectivity index (χ4v) is 1.26. The summed E-state index contributed by atoms with van der Waals surface area (Å²) >= 11 is 1.81. The topological polar surface area (TPSA) is 52.0 Å². The first-order chi connectivity index (χ1) is 4.06. The standard InChI is InChI=1S/C6H16N2S/c1-6(2,8)5-9-4-3-7/h3-5,7-8H2,1-2H3. The maximum atomic E-state index is 5.71. The summed E-state index contributed by atoms with van der Waals surface area (Å²) in [6.07, 6.45) is 0. The van der Waals surface area contributed by atoms with Crippen molar-refractivity contribution in [2.24, 2.45) is 11.5 Å². The Morgan fingerprint density at radius 1 is 1.44 bits per heavy atom. The Kier molecular flexibility index (Phi) is 4.27. The maximum Gasteiger partial charge on any atom is 0.0188 e. The molecule has 0 spiro atoms. The second kappa shape index (κ2) is 4.14. The molecule has 0 amide bonds. The predicted octanol–water partition coefficient (Wildman–Crippen LogP) is 0.416. The zero-order chi connectivity index (χ0) is 7.33. The Labute approximate surface area is 61.4 Å². The van der Waals surface area contributed by atoms with Gasteiger partial charge in [0.15, 0.2) is 0 Å². The van der Waals surface area contributed by atoms with Gasteiger partial charge in [0.25, 0.3) is 0 Å². The van der Waals surface area contributed by atoms with Crippen LogP contribution < -0.4 is 11.5 Å². The molecule has 0 saturated carbocycles. The fourth-order valence-electron chi connectivity index (χ4n) is 0.419. The predicted molar refractivity (Wildman–Crippen MR) is 44.6 cm³/mol. The lowest BCUT2D eigenvalue weighted by Gasteiger charge is -2.16. The van der Waals surface area contributed by atoms with E-state index in [1.54, 1.807) is 0 Å². The molecule has 0 bridgehead atoms. The average Bonchev–Trinajstić information content (AvgIpc) is 1.63. The van der Waals surface area contributed by atoms with Gasteiger partial charge in [-0.1, -0.05) is 0 Å². The monoisotopic (exact) mass is 148 g/mol. The molecule has 2 nitrogen and oxygen atoms in total. The molecule has 0 rings (SSSR count). The van der Waals surface area contributed by atoms with Crippen LogP contribution in [-0.2, 0) is 0 Å². The first-order valence-electron chi connectivity index (χ1n) is 3.13. The van der Waals surface area contributed by atoms with Crippen molar-refractivity contribution >= 4 is 11.8 Å². The van der Waals surface area contributed by atoms with Crippen LogP contribution in [0.1, 0.15) is 13.8 Å². The number of hydrogen-bond acceptors (Lipinski definition) is 3. The highest BCUT2D eigenvalue weighted by atomic mass is 32.2. The molecule has 0 aliphatic carbocycles. The van der Waals surface area contributed by atoms with Crippen molar-refractivity contribution in [2.75, 3.05) is 18.1 Å². The molecule has 56 valence electrons. The molecule has 0 aromatic heterocycles. The molecule has 3 heteroatoms. The van der Waals surface area contributed by atoms with E-state index in [-0.39, 0.29) is 5.54 Å². The minimum absolute atomic E-state index is 0.0418. The minimum Gasteiger partial charge on any atom is -0.330 e. The number of rotatable bonds is 4. The Morgan fingerprint density at radius 2 is 2.00 bits per heavy atom. The quantitative estimate of drug-likeness (QED) is 0.568. The van der Waals surface area contributed by atoms with E-state index in [0.717, 1.165) is 18.1 Å². The van der Waals surface area contributed by atoms with E-state index in [2.05, 4.69) is 0 Å². The molecule has 0 radical (unpaired) electrons. The van der Waals surface area contributed by atoms with Crippen molar-refractivity contribution in [1.82, 2.24) is 0 Å². The van der Waals surface area contributed by atoms with Crippen molar-refractivity contribution in [3.05, 3.63) is 0 Å². The summed E-state index contributed by atoms with van der Waals surface area (Å²) in [5.74, 6) is 2.00. The van der Waals surface area contributed by atoms with Gasteiger partial charge in [0.1, 0.15) is 0 Å². The molecule has 0 unspecified atom stereocenters. The highest BCUT2D eigenvalue weighted by Gasteiger charge is 2.08. The van der Waals surface area contributed by atoms with Gasteiger partial charge in [-0.2, -0.15) is 11.8 Å². The summed E-state index contributed by atoms with van der Waals surface area (Å²) in [6, 6.07) is 0. The molecule has 0 atom stereocenters. The van der Waals surface area contributed by atoms with Crippen molar-refractivity contribution in [3.63, 3.8) is 0 Å². The summed E-state index contributed by atoms with van der Waals surface area (Å²) in [6.45, 7) is 4.80. The Morgan fingerprint density at radius 3 is 2.33 bits per heavy atom. The third kappa shape index (κ3) is 8.27. The summed E-state index contributed by atoms with van der Waals surface area (Å²) in [7, 11) is 0.